The van der Waals surface area contributed by atoms with E-state index in [0.717, 1.165) is 26.1 Å². The van der Waals surface area contributed by atoms with Crippen LogP contribution in [0.3, 0.4) is 0 Å². The van der Waals surface area contributed by atoms with Crippen LogP contribution in [0.1, 0.15) is 45.7 Å². The lowest BCUT2D eigenvalue weighted by molar-refractivity contribution is -0.128. The van der Waals surface area contributed by atoms with Crippen LogP contribution in [0.15, 0.2) is 24.3 Å². The van der Waals surface area contributed by atoms with Gasteiger partial charge in [0.25, 0.3) is 0 Å². The summed E-state index contributed by atoms with van der Waals surface area (Å²) < 4.78 is 0. The lowest BCUT2D eigenvalue weighted by Gasteiger charge is -2.38. The van der Waals surface area contributed by atoms with Gasteiger partial charge in [0.05, 0.1) is 12.6 Å². The molecule has 2 rings (SSSR count). The highest BCUT2D eigenvalue weighted by Crippen LogP contribution is 2.24. The van der Waals surface area contributed by atoms with Crippen molar-refractivity contribution in [1.82, 2.24) is 15.5 Å². The molecule has 8 heteroatoms. The summed E-state index contributed by atoms with van der Waals surface area (Å²) in [7, 11) is 0. The van der Waals surface area contributed by atoms with Crippen LogP contribution in [-0.4, -0.2) is 48.4 Å². The maximum absolute atomic E-state index is 12.5. The third-order valence-electron chi connectivity index (χ3n) is 5.48. The molecule has 1 aromatic rings. The van der Waals surface area contributed by atoms with Gasteiger partial charge in [0.15, 0.2) is 0 Å². The average Bonchev–Trinajstić information content (AvgIpc) is 2.64. The summed E-state index contributed by atoms with van der Waals surface area (Å²) in [5.41, 5.74) is 8.52. The van der Waals surface area contributed by atoms with Crippen molar-refractivity contribution in [3.05, 3.63) is 35.4 Å². The van der Waals surface area contributed by atoms with Crippen molar-refractivity contribution < 1.29 is 9.59 Å². The summed E-state index contributed by atoms with van der Waals surface area (Å²) in [6, 6.07) is 7.93. The number of halogens is 2. The number of nitrogens with zero attached hydrogens (tertiary/aromatic N) is 1. The molecule has 172 valence electrons. The number of nitrogens with one attached hydrogen (secondary N) is 2. The highest BCUT2D eigenvalue weighted by Gasteiger charge is 2.29. The van der Waals surface area contributed by atoms with Crippen LogP contribution < -0.4 is 16.4 Å². The number of carbonyl (C=O) groups is 2. The van der Waals surface area contributed by atoms with E-state index < -0.39 is 6.04 Å². The summed E-state index contributed by atoms with van der Waals surface area (Å²) in [6.07, 6.45) is 1.03. The second-order valence-electron chi connectivity index (χ2n) is 9.23. The van der Waals surface area contributed by atoms with E-state index in [4.69, 9.17) is 5.73 Å². The predicted octanol–water partition coefficient (Wildman–Crippen LogP) is 2.52. The van der Waals surface area contributed by atoms with Gasteiger partial charge in [0, 0.05) is 25.7 Å². The quantitative estimate of drug-likeness (QED) is 0.583. The first-order valence-corrected chi connectivity index (χ1v) is 10.2. The van der Waals surface area contributed by atoms with E-state index >= 15 is 0 Å². The van der Waals surface area contributed by atoms with Crippen LogP contribution in [0.2, 0.25) is 0 Å². The first kappa shape index (κ1) is 28.7. The van der Waals surface area contributed by atoms with Crippen molar-refractivity contribution in [1.29, 1.82) is 0 Å². The Labute approximate surface area is 193 Å². The number of nitrogens with two attached hydrogens (primary N) is 1. The van der Waals surface area contributed by atoms with Crippen molar-refractivity contribution in [3.8, 4) is 0 Å². The van der Waals surface area contributed by atoms with Crippen molar-refractivity contribution >= 4 is 36.6 Å². The van der Waals surface area contributed by atoms with Gasteiger partial charge in [0.2, 0.25) is 11.8 Å². The van der Waals surface area contributed by atoms with E-state index in [1.165, 1.54) is 11.1 Å². The average molecular weight is 461 g/mol. The Morgan fingerprint density at radius 1 is 1.13 bits per heavy atom. The Balaban J connectivity index is 0.00000420. The molecule has 6 nitrogen and oxygen atoms in total. The molecule has 0 bridgehead atoms. The lowest BCUT2D eigenvalue weighted by atomic mass is 9.85. The van der Waals surface area contributed by atoms with E-state index in [-0.39, 0.29) is 60.5 Å². The molecule has 0 saturated heterocycles. The Hall–Kier alpha value is -1.34. The zero-order chi connectivity index (χ0) is 20.9. The standard InChI is InChI=1S/C22H36N4O2.2ClH/c1-15(2)20(23)21(28)24-12-19(27)25-18(22(3,4)5)14-26-11-10-16-8-6-7-9-17(16)13-26;;/h6-9,15,18,20H,10-14,23H2,1-5H3,(H,24,28)(H,25,27);2*1H/t18?,20-;;/m0../s1. The van der Waals surface area contributed by atoms with Gasteiger partial charge in [-0.1, -0.05) is 58.9 Å². The molecular weight excluding hydrogens is 423 g/mol. The number of hydrogen-bond donors (Lipinski definition) is 3. The molecule has 4 N–H and O–H groups in total. The fraction of sp³-hybridized carbons (Fsp3) is 0.636. The molecule has 2 atom stereocenters. The maximum Gasteiger partial charge on any atom is 0.239 e. The summed E-state index contributed by atoms with van der Waals surface area (Å²) in [5, 5.41) is 5.76. The molecule has 0 saturated carbocycles. The Kier molecular flexibility index (Phi) is 11.9. The number of amides is 2. The van der Waals surface area contributed by atoms with Gasteiger partial charge in [-0.2, -0.15) is 0 Å². The normalized spacial score (nSPS) is 15.8. The lowest BCUT2D eigenvalue weighted by Crippen LogP contribution is -2.54. The van der Waals surface area contributed by atoms with Gasteiger partial charge in [-0.3, -0.25) is 14.5 Å². The van der Waals surface area contributed by atoms with Crippen molar-refractivity contribution in [2.45, 2.75) is 59.7 Å². The molecule has 1 aromatic carbocycles. The monoisotopic (exact) mass is 460 g/mol. The molecule has 0 aliphatic carbocycles. The van der Waals surface area contributed by atoms with Crippen LogP contribution in [-0.2, 0) is 22.6 Å². The fourth-order valence-corrected chi connectivity index (χ4v) is 3.34. The van der Waals surface area contributed by atoms with Gasteiger partial charge in [-0.25, -0.2) is 0 Å². The molecule has 1 unspecified atom stereocenters. The maximum atomic E-state index is 12.5. The van der Waals surface area contributed by atoms with E-state index in [2.05, 4.69) is 60.6 Å². The number of benzene rings is 1. The molecule has 30 heavy (non-hydrogen) atoms. The van der Waals surface area contributed by atoms with Crippen LogP contribution >= 0.6 is 24.8 Å². The molecule has 1 aliphatic rings. The topological polar surface area (TPSA) is 87.5 Å². The Morgan fingerprint density at radius 3 is 2.30 bits per heavy atom. The van der Waals surface area contributed by atoms with E-state index in [1.807, 2.05) is 13.8 Å². The minimum absolute atomic E-state index is 0. The minimum Gasteiger partial charge on any atom is -0.350 e. The molecule has 0 fully saturated rings. The van der Waals surface area contributed by atoms with Gasteiger partial charge in [-0.05, 0) is 28.9 Å². The zero-order valence-electron chi connectivity index (χ0n) is 18.7. The SMILES string of the molecule is CC(C)[C@H](N)C(=O)NCC(=O)NC(CN1CCc2ccccc2C1)C(C)(C)C.Cl.Cl. The first-order chi connectivity index (χ1) is 13.1. The zero-order valence-corrected chi connectivity index (χ0v) is 20.4. The number of carbonyl (C=O) groups excluding carboxylic acids is 2. The predicted molar refractivity (Wildman–Crippen MR) is 127 cm³/mol. The summed E-state index contributed by atoms with van der Waals surface area (Å²) in [6.45, 7) is 12.8. The molecule has 0 radical (unpaired) electrons. The third kappa shape index (κ3) is 8.42. The first-order valence-electron chi connectivity index (χ1n) is 10.2. The van der Waals surface area contributed by atoms with Crippen molar-refractivity contribution in [3.63, 3.8) is 0 Å². The van der Waals surface area contributed by atoms with Crippen LogP contribution in [0.25, 0.3) is 0 Å². The molecule has 1 heterocycles. The number of fused-ring (bicyclic) bond motifs is 1. The third-order valence-corrected chi connectivity index (χ3v) is 5.48. The van der Waals surface area contributed by atoms with Crippen LogP contribution in [0.5, 0.6) is 0 Å². The minimum atomic E-state index is -0.598. The summed E-state index contributed by atoms with van der Waals surface area (Å²) >= 11 is 0. The fourth-order valence-electron chi connectivity index (χ4n) is 3.34. The highest BCUT2D eigenvalue weighted by molar-refractivity contribution is 5.87. The Bertz CT molecular complexity index is 692. The number of hydrogen-bond acceptors (Lipinski definition) is 4. The molecule has 0 spiro atoms. The van der Waals surface area contributed by atoms with E-state index in [1.54, 1.807) is 0 Å². The van der Waals surface area contributed by atoms with Crippen molar-refractivity contribution in [2.24, 2.45) is 17.1 Å². The van der Waals surface area contributed by atoms with E-state index in [0.29, 0.717) is 0 Å². The highest BCUT2D eigenvalue weighted by atomic mass is 35.5. The molecule has 0 aromatic heterocycles. The van der Waals surface area contributed by atoms with Crippen LogP contribution in [0.4, 0.5) is 0 Å². The molecule has 1 aliphatic heterocycles. The molecule has 2 amide bonds. The smallest absolute Gasteiger partial charge is 0.239 e. The Morgan fingerprint density at radius 2 is 1.73 bits per heavy atom. The second kappa shape index (κ2) is 12.5. The largest absolute Gasteiger partial charge is 0.350 e. The summed E-state index contributed by atoms with van der Waals surface area (Å²) in [4.78, 5) is 26.8. The van der Waals surface area contributed by atoms with Gasteiger partial charge in [-0.15, -0.1) is 24.8 Å². The van der Waals surface area contributed by atoms with Crippen molar-refractivity contribution in [2.75, 3.05) is 19.6 Å². The van der Waals surface area contributed by atoms with E-state index in [9.17, 15) is 9.59 Å². The van der Waals surface area contributed by atoms with Gasteiger partial charge < -0.3 is 16.4 Å². The summed E-state index contributed by atoms with van der Waals surface area (Å²) in [5.74, 6) is -0.431. The number of rotatable bonds is 7. The van der Waals surface area contributed by atoms with Crippen LogP contribution in [0, 0.1) is 11.3 Å². The van der Waals surface area contributed by atoms with Gasteiger partial charge >= 0.3 is 0 Å². The van der Waals surface area contributed by atoms with Gasteiger partial charge in [0.1, 0.15) is 0 Å². The second-order valence-corrected chi connectivity index (χ2v) is 9.23. The molecular formula is C22H38Cl2N4O2.